The number of rotatable bonds is 9. The minimum absolute atomic E-state index is 0.0239. The van der Waals surface area contributed by atoms with Crippen LogP contribution >= 0.6 is 27.5 Å². The number of ether oxygens (including phenoxy) is 1. The van der Waals surface area contributed by atoms with Gasteiger partial charge >= 0.3 is 12.3 Å². The van der Waals surface area contributed by atoms with E-state index in [9.17, 15) is 26.7 Å². The minimum Gasteiger partial charge on any atom is -0.370 e. The molecule has 33 heavy (non-hydrogen) atoms. The molecule has 1 amide bonds. The highest BCUT2D eigenvalue weighted by Gasteiger charge is 2.40. The van der Waals surface area contributed by atoms with Crippen LogP contribution in [0.1, 0.15) is 21.5 Å². The average Bonchev–Trinajstić information content (AvgIpc) is 3.09. The molecule has 5 nitrogen and oxygen atoms in total. The summed E-state index contributed by atoms with van der Waals surface area (Å²) in [7, 11) is 0. The summed E-state index contributed by atoms with van der Waals surface area (Å²) in [5, 5.41) is 7.02. The van der Waals surface area contributed by atoms with E-state index in [2.05, 4.69) is 31.1 Å². The lowest BCUT2D eigenvalue weighted by molar-refractivity contribution is -0.168. The molecular weight excluding hydrogens is 537 g/mol. The van der Waals surface area contributed by atoms with Crippen molar-refractivity contribution in [2.24, 2.45) is 0 Å². The van der Waals surface area contributed by atoms with Crippen LogP contribution in [0.3, 0.4) is 0 Å². The highest BCUT2D eigenvalue weighted by atomic mass is 79.9. The SMILES string of the molecule is O=C(Nc1nn(Cc2c(F)cccc2Cl)cc1Br)c1cccc(COCC(F)(F)C(F)F)c1. The first-order chi connectivity index (χ1) is 15.6. The Morgan fingerprint density at radius 2 is 1.97 bits per heavy atom. The molecule has 0 fully saturated rings. The van der Waals surface area contributed by atoms with Crippen LogP contribution in [0.15, 0.2) is 53.1 Å². The van der Waals surface area contributed by atoms with Gasteiger partial charge in [0.05, 0.1) is 17.6 Å². The van der Waals surface area contributed by atoms with Crippen LogP contribution in [0.2, 0.25) is 5.02 Å². The van der Waals surface area contributed by atoms with Gasteiger partial charge in [-0.2, -0.15) is 13.9 Å². The molecule has 0 saturated carbocycles. The van der Waals surface area contributed by atoms with Crippen LogP contribution in [0.4, 0.5) is 27.8 Å². The van der Waals surface area contributed by atoms with Crippen LogP contribution in [0, 0.1) is 5.82 Å². The Hall–Kier alpha value is -2.50. The number of hydrogen-bond donors (Lipinski definition) is 1. The van der Waals surface area contributed by atoms with Crippen molar-refractivity contribution in [3.05, 3.63) is 80.7 Å². The van der Waals surface area contributed by atoms with Crippen molar-refractivity contribution in [2.75, 3.05) is 11.9 Å². The van der Waals surface area contributed by atoms with Gasteiger partial charge in [0.1, 0.15) is 12.4 Å². The van der Waals surface area contributed by atoms with Crippen LogP contribution < -0.4 is 5.32 Å². The summed E-state index contributed by atoms with van der Waals surface area (Å²) < 4.78 is 70.8. The van der Waals surface area contributed by atoms with Crippen molar-refractivity contribution in [3.8, 4) is 0 Å². The van der Waals surface area contributed by atoms with E-state index < -0.39 is 30.7 Å². The monoisotopic (exact) mass is 551 g/mol. The Morgan fingerprint density at radius 1 is 1.24 bits per heavy atom. The molecule has 0 aliphatic carbocycles. The van der Waals surface area contributed by atoms with Gasteiger partial charge < -0.3 is 10.1 Å². The number of amides is 1. The molecule has 0 aliphatic rings. The summed E-state index contributed by atoms with van der Waals surface area (Å²) in [6.07, 6.45) is -2.30. The van der Waals surface area contributed by atoms with E-state index in [1.807, 2.05) is 0 Å². The van der Waals surface area contributed by atoms with Crippen molar-refractivity contribution in [1.82, 2.24) is 9.78 Å². The predicted molar refractivity (Wildman–Crippen MR) is 115 cm³/mol. The molecule has 1 N–H and O–H groups in total. The van der Waals surface area contributed by atoms with E-state index in [1.165, 1.54) is 47.3 Å². The molecule has 2 aromatic carbocycles. The Kier molecular flexibility index (Phi) is 8.09. The molecule has 3 rings (SSSR count). The van der Waals surface area contributed by atoms with Crippen molar-refractivity contribution in [3.63, 3.8) is 0 Å². The number of alkyl halides is 4. The lowest BCUT2D eigenvalue weighted by Gasteiger charge is -2.15. The number of halogens is 7. The number of aromatic nitrogens is 2. The molecule has 176 valence electrons. The third-order valence-electron chi connectivity index (χ3n) is 4.40. The number of carbonyl (C=O) groups is 1. The molecule has 0 saturated heterocycles. The first-order valence-corrected chi connectivity index (χ1v) is 10.5. The average molecular weight is 553 g/mol. The van der Waals surface area contributed by atoms with Crippen molar-refractivity contribution in [1.29, 1.82) is 0 Å². The van der Waals surface area contributed by atoms with Crippen molar-refractivity contribution >= 4 is 39.3 Å². The highest BCUT2D eigenvalue weighted by molar-refractivity contribution is 9.10. The normalized spacial score (nSPS) is 11.8. The summed E-state index contributed by atoms with van der Waals surface area (Å²) in [5.41, 5.74) is 0.735. The standard InChI is InChI=1S/C21H16BrClF5N3O2/c22-15-9-31(8-14-16(23)5-2-6-17(14)24)30-18(15)29-19(32)13-4-1-3-12(7-13)10-33-11-21(27,28)20(25)26/h1-7,9,20H,8,10-11H2,(H,29,30,32). The van der Waals surface area contributed by atoms with Crippen LogP contribution in [-0.4, -0.2) is 34.6 Å². The van der Waals surface area contributed by atoms with Crippen molar-refractivity contribution < 1.29 is 31.5 Å². The Balaban J connectivity index is 1.65. The summed E-state index contributed by atoms with van der Waals surface area (Å²) in [4.78, 5) is 12.6. The summed E-state index contributed by atoms with van der Waals surface area (Å²) in [5.74, 6) is -5.16. The third-order valence-corrected chi connectivity index (χ3v) is 5.34. The number of hydrogen-bond acceptors (Lipinski definition) is 3. The molecule has 0 spiro atoms. The van der Waals surface area contributed by atoms with Crippen LogP contribution in [0.5, 0.6) is 0 Å². The molecular formula is C21H16BrClF5N3O2. The predicted octanol–water partition coefficient (Wildman–Crippen LogP) is 6.16. The highest BCUT2D eigenvalue weighted by Crippen LogP contribution is 2.25. The zero-order chi connectivity index (χ0) is 24.2. The second-order valence-electron chi connectivity index (χ2n) is 6.93. The maximum atomic E-state index is 14.0. The van der Waals surface area contributed by atoms with Gasteiger partial charge in [-0.15, -0.1) is 0 Å². The molecule has 0 radical (unpaired) electrons. The molecule has 0 bridgehead atoms. The second-order valence-corrected chi connectivity index (χ2v) is 8.19. The van der Waals surface area contributed by atoms with Gasteiger partial charge in [0.2, 0.25) is 0 Å². The Bertz CT molecular complexity index is 1120. The Labute approximate surface area is 198 Å². The number of anilines is 1. The van der Waals surface area contributed by atoms with E-state index in [0.717, 1.165) is 0 Å². The number of benzene rings is 2. The molecule has 0 unspecified atom stereocenters. The number of carbonyl (C=O) groups excluding carboxylic acids is 1. The minimum atomic E-state index is -4.26. The maximum Gasteiger partial charge on any atom is 0.330 e. The fourth-order valence-corrected chi connectivity index (χ4v) is 3.40. The van der Waals surface area contributed by atoms with Gasteiger partial charge in [0.25, 0.3) is 5.91 Å². The third kappa shape index (κ3) is 6.52. The molecule has 0 aliphatic heterocycles. The van der Waals surface area contributed by atoms with Gasteiger partial charge in [0, 0.05) is 22.3 Å². The number of nitrogens with one attached hydrogen (secondary N) is 1. The maximum absolute atomic E-state index is 14.0. The molecule has 1 aromatic heterocycles. The fourth-order valence-electron chi connectivity index (χ4n) is 2.76. The molecule has 0 atom stereocenters. The van der Waals surface area contributed by atoms with Gasteiger partial charge in [-0.05, 0) is 45.8 Å². The Morgan fingerprint density at radius 3 is 2.67 bits per heavy atom. The van der Waals surface area contributed by atoms with Crippen LogP contribution in [0.25, 0.3) is 0 Å². The van der Waals surface area contributed by atoms with Gasteiger partial charge in [-0.1, -0.05) is 29.8 Å². The van der Waals surface area contributed by atoms with Crippen molar-refractivity contribution in [2.45, 2.75) is 25.5 Å². The smallest absolute Gasteiger partial charge is 0.330 e. The van der Waals surface area contributed by atoms with E-state index in [-0.39, 0.29) is 35.1 Å². The summed E-state index contributed by atoms with van der Waals surface area (Å²) >= 11 is 9.30. The molecule has 3 aromatic rings. The lowest BCUT2D eigenvalue weighted by atomic mass is 10.1. The van der Waals surface area contributed by atoms with E-state index >= 15 is 0 Å². The first-order valence-electron chi connectivity index (χ1n) is 9.36. The van der Waals surface area contributed by atoms with Gasteiger partial charge in [0.15, 0.2) is 5.82 Å². The second kappa shape index (κ2) is 10.6. The quantitative estimate of drug-likeness (QED) is 0.324. The molecule has 1 heterocycles. The summed E-state index contributed by atoms with van der Waals surface area (Å²) in [6.45, 7) is -1.81. The van der Waals surface area contributed by atoms with E-state index in [1.54, 1.807) is 6.07 Å². The largest absolute Gasteiger partial charge is 0.370 e. The lowest BCUT2D eigenvalue weighted by Crippen LogP contribution is -2.32. The fraction of sp³-hybridized carbons (Fsp3) is 0.238. The molecule has 12 heteroatoms. The van der Waals surface area contributed by atoms with E-state index in [0.29, 0.717) is 10.0 Å². The summed E-state index contributed by atoms with van der Waals surface area (Å²) in [6, 6.07) is 10.1. The number of nitrogens with zero attached hydrogens (tertiary/aromatic N) is 2. The topological polar surface area (TPSA) is 56.2 Å². The van der Waals surface area contributed by atoms with Gasteiger partial charge in [-0.25, -0.2) is 13.2 Å². The zero-order valence-electron chi connectivity index (χ0n) is 16.7. The first kappa shape index (κ1) is 25.1. The van der Waals surface area contributed by atoms with E-state index in [4.69, 9.17) is 11.6 Å². The zero-order valence-corrected chi connectivity index (χ0v) is 19.0. The van der Waals surface area contributed by atoms with Gasteiger partial charge in [-0.3, -0.25) is 9.48 Å². The van der Waals surface area contributed by atoms with Crippen LogP contribution in [-0.2, 0) is 17.9 Å².